The van der Waals surface area contributed by atoms with Crippen LogP contribution in [0, 0.1) is 18.6 Å². The first-order valence-corrected chi connectivity index (χ1v) is 4.11. The lowest BCUT2D eigenvalue weighted by atomic mass is 10.1. The maximum absolute atomic E-state index is 13.3. The van der Waals surface area contributed by atoms with Crippen LogP contribution >= 0.6 is 0 Å². The Hall–Kier alpha value is -1.91. The first-order valence-electron chi connectivity index (χ1n) is 4.11. The van der Waals surface area contributed by atoms with E-state index >= 15 is 0 Å². The van der Waals surface area contributed by atoms with Crippen LogP contribution in [0.2, 0.25) is 0 Å². The van der Waals surface area contributed by atoms with Crippen molar-refractivity contribution in [2.45, 2.75) is 6.92 Å². The Labute approximate surface area is 82.9 Å². The van der Waals surface area contributed by atoms with Crippen LogP contribution in [0.1, 0.15) is 15.9 Å². The van der Waals surface area contributed by atoms with Crippen LogP contribution in [0.15, 0.2) is 16.7 Å². The highest BCUT2D eigenvalue weighted by Gasteiger charge is 2.20. The van der Waals surface area contributed by atoms with Gasteiger partial charge in [-0.15, -0.1) is 0 Å². The largest absolute Gasteiger partial charge is 0.478 e. The van der Waals surface area contributed by atoms with Crippen molar-refractivity contribution in [1.82, 2.24) is 0 Å². The van der Waals surface area contributed by atoms with Gasteiger partial charge in [-0.2, -0.15) is 0 Å². The Kier molecular flexibility index (Phi) is 1.96. The van der Waals surface area contributed by atoms with Gasteiger partial charge >= 0.3 is 5.97 Å². The monoisotopic (exact) mass is 212 g/mol. The molecule has 0 radical (unpaired) electrons. The highest BCUT2D eigenvalue weighted by molar-refractivity contribution is 6.03. The number of halogens is 2. The molecule has 1 heterocycles. The molecule has 0 saturated heterocycles. The fourth-order valence-corrected chi connectivity index (χ4v) is 1.46. The van der Waals surface area contributed by atoms with Crippen molar-refractivity contribution in [3.05, 3.63) is 35.1 Å². The number of rotatable bonds is 1. The van der Waals surface area contributed by atoms with Crippen LogP contribution < -0.4 is 0 Å². The summed E-state index contributed by atoms with van der Waals surface area (Å²) in [4.78, 5) is 10.7. The summed E-state index contributed by atoms with van der Waals surface area (Å²) in [7, 11) is 0. The highest BCUT2D eigenvalue weighted by Crippen LogP contribution is 2.28. The van der Waals surface area contributed by atoms with Gasteiger partial charge < -0.3 is 9.52 Å². The second-order valence-corrected chi connectivity index (χ2v) is 3.15. The molecule has 0 saturated carbocycles. The Morgan fingerprint density at radius 2 is 2.13 bits per heavy atom. The fourth-order valence-electron chi connectivity index (χ4n) is 1.46. The maximum Gasteiger partial charge on any atom is 0.339 e. The van der Waals surface area contributed by atoms with Gasteiger partial charge in [0.25, 0.3) is 0 Å². The van der Waals surface area contributed by atoms with Gasteiger partial charge in [-0.25, -0.2) is 13.6 Å². The smallest absolute Gasteiger partial charge is 0.339 e. The summed E-state index contributed by atoms with van der Waals surface area (Å²) in [6, 6.07) is 0.965. The Morgan fingerprint density at radius 1 is 1.47 bits per heavy atom. The molecular formula is C10H6F2O3. The molecule has 15 heavy (non-hydrogen) atoms. The van der Waals surface area contributed by atoms with Gasteiger partial charge in [0.1, 0.15) is 17.4 Å². The lowest BCUT2D eigenvalue weighted by Crippen LogP contribution is -1.97. The van der Waals surface area contributed by atoms with E-state index in [9.17, 15) is 13.6 Å². The third-order valence-electron chi connectivity index (χ3n) is 2.15. The number of aryl methyl sites for hydroxylation is 1. The van der Waals surface area contributed by atoms with Gasteiger partial charge in [0, 0.05) is 0 Å². The van der Waals surface area contributed by atoms with Crippen LogP contribution in [0.5, 0.6) is 0 Å². The number of hydrogen-bond acceptors (Lipinski definition) is 2. The molecule has 0 atom stereocenters. The van der Waals surface area contributed by atoms with Gasteiger partial charge in [-0.1, -0.05) is 0 Å². The molecule has 0 unspecified atom stereocenters. The van der Waals surface area contributed by atoms with Crippen molar-refractivity contribution >= 4 is 16.9 Å². The number of carboxylic acid groups (broad SMARTS) is 1. The molecule has 2 aromatic rings. The van der Waals surface area contributed by atoms with E-state index in [0.29, 0.717) is 5.56 Å². The minimum Gasteiger partial charge on any atom is -0.478 e. The van der Waals surface area contributed by atoms with E-state index in [1.54, 1.807) is 0 Å². The van der Waals surface area contributed by atoms with E-state index in [0.717, 1.165) is 12.3 Å². The zero-order chi connectivity index (χ0) is 11.2. The maximum atomic E-state index is 13.3. The SMILES string of the molecule is Cc1cc(F)c(F)c2c(C(=O)O)coc12. The van der Waals surface area contributed by atoms with Crippen LogP contribution in [-0.2, 0) is 0 Å². The molecule has 2 rings (SSSR count). The van der Waals surface area contributed by atoms with E-state index in [-0.39, 0.29) is 16.5 Å². The number of benzene rings is 1. The minimum absolute atomic E-state index is 0.0614. The lowest BCUT2D eigenvalue weighted by molar-refractivity contribution is 0.0697. The molecule has 0 aliphatic heterocycles. The molecule has 1 aromatic heterocycles. The lowest BCUT2D eigenvalue weighted by Gasteiger charge is -1.98. The number of carboxylic acids is 1. The van der Waals surface area contributed by atoms with Crippen molar-refractivity contribution in [2.24, 2.45) is 0 Å². The molecule has 0 aliphatic carbocycles. The van der Waals surface area contributed by atoms with E-state index < -0.39 is 17.6 Å². The number of carbonyl (C=O) groups is 1. The van der Waals surface area contributed by atoms with E-state index in [4.69, 9.17) is 9.52 Å². The predicted octanol–water partition coefficient (Wildman–Crippen LogP) is 2.72. The van der Waals surface area contributed by atoms with Crippen LogP contribution in [0.25, 0.3) is 11.0 Å². The van der Waals surface area contributed by atoms with Crippen molar-refractivity contribution in [1.29, 1.82) is 0 Å². The van der Waals surface area contributed by atoms with Crippen LogP contribution in [-0.4, -0.2) is 11.1 Å². The van der Waals surface area contributed by atoms with Gasteiger partial charge in [0.15, 0.2) is 11.6 Å². The Morgan fingerprint density at radius 3 is 2.73 bits per heavy atom. The quantitative estimate of drug-likeness (QED) is 0.790. The van der Waals surface area contributed by atoms with Crippen LogP contribution in [0.4, 0.5) is 8.78 Å². The molecule has 0 amide bonds. The third kappa shape index (κ3) is 1.27. The van der Waals surface area contributed by atoms with E-state index in [1.165, 1.54) is 6.92 Å². The average molecular weight is 212 g/mol. The second kappa shape index (κ2) is 3.05. The highest BCUT2D eigenvalue weighted by atomic mass is 19.2. The minimum atomic E-state index is -1.35. The summed E-state index contributed by atoms with van der Waals surface area (Å²) in [6.07, 6.45) is 0.905. The number of hydrogen-bond donors (Lipinski definition) is 1. The van der Waals surface area contributed by atoms with E-state index in [1.807, 2.05) is 0 Å². The van der Waals surface area contributed by atoms with Crippen molar-refractivity contribution in [3.63, 3.8) is 0 Å². The summed E-state index contributed by atoms with van der Waals surface area (Å²) in [5, 5.41) is 8.41. The summed E-state index contributed by atoms with van der Waals surface area (Å²) in [5.74, 6) is -3.62. The third-order valence-corrected chi connectivity index (χ3v) is 2.15. The van der Waals surface area contributed by atoms with Crippen molar-refractivity contribution in [2.75, 3.05) is 0 Å². The Bertz CT molecular complexity index is 557. The van der Waals surface area contributed by atoms with Gasteiger partial charge in [-0.3, -0.25) is 0 Å². The molecule has 1 aromatic carbocycles. The van der Waals surface area contributed by atoms with Crippen molar-refractivity contribution in [3.8, 4) is 0 Å². The first-order chi connectivity index (χ1) is 7.02. The normalized spacial score (nSPS) is 10.9. The number of fused-ring (bicyclic) bond motifs is 1. The van der Waals surface area contributed by atoms with Crippen LogP contribution in [0.3, 0.4) is 0 Å². The average Bonchev–Trinajstić information content (AvgIpc) is 2.58. The standard InChI is InChI=1S/C10H6F2O3/c1-4-2-6(11)8(12)7-5(10(13)14)3-15-9(4)7/h2-3H,1H3,(H,13,14). The summed E-state index contributed by atoms with van der Waals surface area (Å²) < 4.78 is 31.2. The molecule has 1 N–H and O–H groups in total. The molecule has 3 nitrogen and oxygen atoms in total. The van der Waals surface area contributed by atoms with Crippen molar-refractivity contribution < 1.29 is 23.1 Å². The first kappa shape index (κ1) is 9.64. The number of aromatic carboxylic acids is 1. The molecule has 0 spiro atoms. The summed E-state index contributed by atoms with van der Waals surface area (Å²) in [6.45, 7) is 1.51. The molecule has 78 valence electrons. The molecule has 0 bridgehead atoms. The second-order valence-electron chi connectivity index (χ2n) is 3.15. The van der Waals surface area contributed by atoms with Gasteiger partial charge in [-0.05, 0) is 18.6 Å². The predicted molar refractivity (Wildman–Crippen MR) is 47.8 cm³/mol. The molecular weight excluding hydrogens is 206 g/mol. The molecule has 0 fully saturated rings. The van der Waals surface area contributed by atoms with Gasteiger partial charge in [0.2, 0.25) is 0 Å². The number of furan rings is 1. The van der Waals surface area contributed by atoms with E-state index in [2.05, 4.69) is 0 Å². The molecule has 0 aliphatic rings. The molecule has 5 heteroatoms. The summed E-state index contributed by atoms with van der Waals surface area (Å²) >= 11 is 0. The summed E-state index contributed by atoms with van der Waals surface area (Å²) in [5.41, 5.74) is 0.0489. The fraction of sp³-hybridized carbons (Fsp3) is 0.100. The Balaban J connectivity index is 2.95. The topological polar surface area (TPSA) is 50.4 Å². The zero-order valence-electron chi connectivity index (χ0n) is 7.67. The zero-order valence-corrected chi connectivity index (χ0v) is 7.67. The van der Waals surface area contributed by atoms with Gasteiger partial charge in [0.05, 0.1) is 5.39 Å².